The molecule has 0 aliphatic carbocycles. The first-order valence-corrected chi connectivity index (χ1v) is 7.48. The third-order valence-electron chi connectivity index (χ3n) is 4.18. The number of piperidine rings is 1. The van der Waals surface area contributed by atoms with Crippen LogP contribution in [0.5, 0.6) is 0 Å². The van der Waals surface area contributed by atoms with E-state index >= 15 is 0 Å². The third kappa shape index (κ3) is 3.14. The van der Waals surface area contributed by atoms with Gasteiger partial charge in [-0.05, 0) is 55.6 Å². The molecule has 1 atom stereocenters. The van der Waals surface area contributed by atoms with Crippen molar-refractivity contribution < 1.29 is 0 Å². The largest absolute Gasteiger partial charge is 0.298 e. The summed E-state index contributed by atoms with van der Waals surface area (Å²) in [5, 5.41) is 13.3. The third-order valence-corrected chi connectivity index (χ3v) is 4.18. The van der Waals surface area contributed by atoms with E-state index in [1.54, 1.807) is 6.20 Å². The summed E-state index contributed by atoms with van der Waals surface area (Å²) in [7, 11) is 0. The first kappa shape index (κ1) is 13.8. The van der Waals surface area contributed by atoms with E-state index in [4.69, 9.17) is 5.26 Å². The van der Waals surface area contributed by atoms with Gasteiger partial charge in [0.25, 0.3) is 0 Å². The number of nitriles is 1. The zero-order chi connectivity index (χ0) is 14.7. The summed E-state index contributed by atoms with van der Waals surface area (Å²) < 4.78 is 1.88. The molecule has 21 heavy (non-hydrogen) atoms. The van der Waals surface area contributed by atoms with Crippen LogP contribution in [-0.2, 0) is 6.54 Å². The monoisotopic (exact) mass is 280 g/mol. The van der Waals surface area contributed by atoms with Crippen LogP contribution in [0.4, 0.5) is 0 Å². The number of benzene rings is 1. The van der Waals surface area contributed by atoms with Crippen molar-refractivity contribution in [3.8, 4) is 11.8 Å². The molecule has 0 N–H and O–H groups in total. The molecule has 4 nitrogen and oxygen atoms in total. The molecule has 1 aliphatic heterocycles. The molecule has 3 rings (SSSR count). The van der Waals surface area contributed by atoms with Crippen LogP contribution in [0, 0.1) is 24.2 Å². The fourth-order valence-electron chi connectivity index (χ4n) is 2.97. The van der Waals surface area contributed by atoms with Crippen LogP contribution in [0.2, 0.25) is 0 Å². The van der Waals surface area contributed by atoms with Crippen LogP contribution in [-0.4, -0.2) is 27.8 Å². The zero-order valence-electron chi connectivity index (χ0n) is 12.4. The molecule has 1 fully saturated rings. The maximum absolute atomic E-state index is 9.09. The Morgan fingerprint density at radius 2 is 2.33 bits per heavy atom. The van der Waals surface area contributed by atoms with Gasteiger partial charge in [0.15, 0.2) is 0 Å². The number of rotatable bonds is 3. The van der Waals surface area contributed by atoms with Gasteiger partial charge in [-0.2, -0.15) is 10.4 Å². The van der Waals surface area contributed by atoms with Crippen molar-refractivity contribution in [2.45, 2.75) is 26.3 Å². The van der Waals surface area contributed by atoms with Crippen molar-refractivity contribution in [2.75, 3.05) is 13.1 Å². The predicted molar refractivity (Wildman–Crippen MR) is 81.9 cm³/mol. The summed E-state index contributed by atoms with van der Waals surface area (Å²) in [5.41, 5.74) is 3.71. The molecule has 0 radical (unpaired) electrons. The van der Waals surface area contributed by atoms with E-state index in [0.29, 0.717) is 0 Å². The van der Waals surface area contributed by atoms with Crippen molar-refractivity contribution in [1.82, 2.24) is 14.7 Å². The van der Waals surface area contributed by atoms with Gasteiger partial charge in [0.05, 0.1) is 17.7 Å². The number of likely N-dealkylation sites (tertiary alicyclic amines) is 1. The van der Waals surface area contributed by atoms with Crippen LogP contribution in [0.25, 0.3) is 5.69 Å². The van der Waals surface area contributed by atoms with E-state index in [2.05, 4.69) is 41.2 Å². The molecular weight excluding hydrogens is 260 g/mol. The molecule has 0 amide bonds. The van der Waals surface area contributed by atoms with Gasteiger partial charge in [0.1, 0.15) is 0 Å². The molecule has 0 unspecified atom stereocenters. The van der Waals surface area contributed by atoms with Crippen molar-refractivity contribution >= 4 is 0 Å². The summed E-state index contributed by atoms with van der Waals surface area (Å²) in [4.78, 5) is 2.40. The molecule has 0 saturated carbocycles. The average Bonchev–Trinajstić information content (AvgIpc) is 3.04. The summed E-state index contributed by atoms with van der Waals surface area (Å²) in [5.74, 6) is 0.197. The average molecular weight is 280 g/mol. The summed E-state index contributed by atoms with van der Waals surface area (Å²) in [6.45, 7) is 5.08. The summed E-state index contributed by atoms with van der Waals surface area (Å²) >= 11 is 0. The van der Waals surface area contributed by atoms with Gasteiger partial charge in [0.2, 0.25) is 0 Å². The molecule has 1 aromatic heterocycles. The van der Waals surface area contributed by atoms with Gasteiger partial charge < -0.3 is 0 Å². The highest BCUT2D eigenvalue weighted by Crippen LogP contribution is 2.20. The van der Waals surface area contributed by atoms with Gasteiger partial charge in [-0.1, -0.05) is 6.07 Å². The van der Waals surface area contributed by atoms with Crippen molar-refractivity contribution in [3.63, 3.8) is 0 Å². The highest BCUT2D eigenvalue weighted by Gasteiger charge is 2.19. The fourth-order valence-corrected chi connectivity index (χ4v) is 2.97. The maximum atomic E-state index is 9.09. The van der Waals surface area contributed by atoms with Gasteiger partial charge in [-0.15, -0.1) is 0 Å². The topological polar surface area (TPSA) is 44.9 Å². The normalized spacial score (nSPS) is 19.3. The second-order valence-electron chi connectivity index (χ2n) is 5.76. The van der Waals surface area contributed by atoms with Gasteiger partial charge in [0, 0.05) is 25.5 Å². The minimum absolute atomic E-state index is 0.197. The lowest BCUT2D eigenvalue weighted by Crippen LogP contribution is -2.34. The lowest BCUT2D eigenvalue weighted by molar-refractivity contribution is 0.192. The maximum Gasteiger partial charge on any atom is 0.0669 e. The van der Waals surface area contributed by atoms with Crippen molar-refractivity contribution in [3.05, 3.63) is 47.8 Å². The van der Waals surface area contributed by atoms with Gasteiger partial charge >= 0.3 is 0 Å². The number of aromatic nitrogens is 2. The van der Waals surface area contributed by atoms with E-state index < -0.39 is 0 Å². The summed E-state index contributed by atoms with van der Waals surface area (Å²) in [6.07, 6.45) is 5.92. The predicted octanol–water partition coefficient (Wildman–Crippen LogP) is 2.92. The number of hydrogen-bond donors (Lipinski definition) is 0. The lowest BCUT2D eigenvalue weighted by Gasteiger charge is -2.30. The van der Waals surface area contributed by atoms with Crippen molar-refractivity contribution in [1.29, 1.82) is 5.26 Å². The molecule has 2 heterocycles. The second kappa shape index (κ2) is 6.11. The lowest BCUT2D eigenvalue weighted by atomic mass is 9.98. The van der Waals surface area contributed by atoms with Gasteiger partial charge in [-0.3, -0.25) is 4.90 Å². The first-order chi connectivity index (χ1) is 10.3. The second-order valence-corrected chi connectivity index (χ2v) is 5.76. The standard InChI is InChI=1S/C17H20N4/c1-14-10-17(21-9-3-7-19-21)6-5-16(14)13-20-8-2-4-15(11-18)12-20/h3,5-7,9-10,15H,2,4,8,12-13H2,1H3/t15-/m0/s1. The quantitative estimate of drug-likeness (QED) is 0.868. The molecule has 108 valence electrons. The van der Waals surface area contributed by atoms with E-state index in [9.17, 15) is 0 Å². The van der Waals surface area contributed by atoms with Gasteiger partial charge in [-0.25, -0.2) is 4.68 Å². The molecule has 1 saturated heterocycles. The Labute approximate surface area is 125 Å². The Morgan fingerprint density at radius 3 is 3.05 bits per heavy atom. The SMILES string of the molecule is Cc1cc(-n2cccn2)ccc1CN1CCC[C@@H](C#N)C1. The highest BCUT2D eigenvalue weighted by atomic mass is 15.3. The fraction of sp³-hybridized carbons (Fsp3) is 0.412. The molecular formula is C17H20N4. The molecule has 4 heteroatoms. The smallest absolute Gasteiger partial charge is 0.0669 e. The number of nitrogens with zero attached hydrogens (tertiary/aromatic N) is 4. The Bertz CT molecular complexity index is 639. The van der Waals surface area contributed by atoms with E-state index in [1.165, 1.54) is 11.1 Å². The van der Waals surface area contributed by atoms with Crippen molar-refractivity contribution in [2.24, 2.45) is 5.92 Å². The zero-order valence-corrected chi connectivity index (χ0v) is 12.4. The van der Waals surface area contributed by atoms with E-state index in [1.807, 2.05) is 16.9 Å². The molecule has 2 aromatic rings. The molecule has 0 spiro atoms. The van der Waals surface area contributed by atoms with Crippen LogP contribution in [0.15, 0.2) is 36.7 Å². The van der Waals surface area contributed by atoms with E-state index in [0.717, 1.165) is 38.2 Å². The van der Waals surface area contributed by atoms with E-state index in [-0.39, 0.29) is 5.92 Å². The Morgan fingerprint density at radius 1 is 1.43 bits per heavy atom. The van der Waals surface area contributed by atoms with Crippen LogP contribution >= 0.6 is 0 Å². The minimum Gasteiger partial charge on any atom is -0.298 e. The Hall–Kier alpha value is -2.12. The minimum atomic E-state index is 0.197. The highest BCUT2D eigenvalue weighted by molar-refractivity contribution is 5.39. The number of hydrogen-bond acceptors (Lipinski definition) is 3. The molecule has 0 bridgehead atoms. The molecule has 1 aliphatic rings. The molecule has 1 aromatic carbocycles. The van der Waals surface area contributed by atoms with Crippen LogP contribution < -0.4 is 0 Å². The van der Waals surface area contributed by atoms with Crippen LogP contribution in [0.3, 0.4) is 0 Å². The van der Waals surface area contributed by atoms with Crippen LogP contribution in [0.1, 0.15) is 24.0 Å². The number of aryl methyl sites for hydroxylation is 1. The first-order valence-electron chi connectivity index (χ1n) is 7.48. The Balaban J connectivity index is 1.73. The summed E-state index contributed by atoms with van der Waals surface area (Å²) in [6, 6.07) is 10.8. The Kier molecular flexibility index (Phi) is 4.03.